The van der Waals surface area contributed by atoms with Crippen LogP contribution in [0.3, 0.4) is 0 Å². The molecular weight excluding hydrogens is 446 g/mol. The number of nitrogens with zero attached hydrogens (tertiary/aromatic N) is 3. The van der Waals surface area contributed by atoms with Crippen LogP contribution in [0.1, 0.15) is 37.3 Å². The van der Waals surface area contributed by atoms with Gasteiger partial charge in [0, 0.05) is 43.5 Å². The molecule has 2 aliphatic rings. The summed E-state index contributed by atoms with van der Waals surface area (Å²) in [5, 5.41) is 0.872. The molecule has 1 amide bonds. The predicted molar refractivity (Wildman–Crippen MR) is 133 cm³/mol. The minimum atomic E-state index is 0.0766. The number of carbonyl (C=O) groups is 1. The predicted octanol–water partition coefficient (Wildman–Crippen LogP) is 4.52. The molecule has 1 aromatic heterocycles. The Bertz CT molecular complexity index is 1240. The number of methoxy groups -OCH3 is 2. The van der Waals surface area contributed by atoms with Crippen molar-refractivity contribution in [2.75, 3.05) is 39.0 Å². The van der Waals surface area contributed by atoms with Crippen molar-refractivity contribution in [3.8, 4) is 23.0 Å². The number of aromatic nitrogens is 1. The smallest absolute Gasteiger partial charge is 0.231 e. The van der Waals surface area contributed by atoms with Crippen molar-refractivity contribution >= 4 is 22.6 Å². The summed E-state index contributed by atoms with van der Waals surface area (Å²) in [4.78, 5) is 22.3. The molecule has 8 nitrogen and oxygen atoms in total. The van der Waals surface area contributed by atoms with Crippen LogP contribution in [0.5, 0.6) is 23.0 Å². The van der Waals surface area contributed by atoms with Crippen LogP contribution in [-0.4, -0.2) is 49.9 Å². The third kappa shape index (κ3) is 4.52. The van der Waals surface area contributed by atoms with Gasteiger partial charge in [0.05, 0.1) is 14.2 Å². The average molecular weight is 478 g/mol. The van der Waals surface area contributed by atoms with Gasteiger partial charge >= 0.3 is 0 Å². The van der Waals surface area contributed by atoms with E-state index in [9.17, 15) is 4.79 Å². The van der Waals surface area contributed by atoms with Crippen molar-refractivity contribution in [2.24, 2.45) is 0 Å². The first-order valence-corrected chi connectivity index (χ1v) is 12.1. The molecule has 0 atom stereocenters. The third-order valence-electron chi connectivity index (χ3n) is 6.64. The normalized spacial score (nSPS) is 14.4. The van der Waals surface area contributed by atoms with E-state index in [1.165, 1.54) is 0 Å². The number of anilines is 1. The minimum Gasteiger partial charge on any atom is -0.496 e. The molecule has 35 heavy (non-hydrogen) atoms. The van der Waals surface area contributed by atoms with Gasteiger partial charge in [-0.1, -0.05) is 13.0 Å². The number of rotatable bonds is 8. The van der Waals surface area contributed by atoms with Crippen LogP contribution >= 0.6 is 0 Å². The first-order chi connectivity index (χ1) is 17.1. The van der Waals surface area contributed by atoms with Gasteiger partial charge in [-0.25, -0.2) is 4.98 Å². The molecule has 5 rings (SSSR count). The summed E-state index contributed by atoms with van der Waals surface area (Å²) in [5.74, 6) is 3.86. The van der Waals surface area contributed by atoms with Gasteiger partial charge < -0.3 is 28.7 Å². The van der Waals surface area contributed by atoms with E-state index in [1.807, 2.05) is 42.2 Å². The van der Waals surface area contributed by atoms with Crippen LogP contribution in [0.4, 0.5) is 5.82 Å². The highest BCUT2D eigenvalue weighted by molar-refractivity contribution is 5.92. The molecule has 3 aromatic rings. The summed E-state index contributed by atoms with van der Waals surface area (Å²) >= 11 is 0. The Morgan fingerprint density at radius 2 is 1.74 bits per heavy atom. The fourth-order valence-corrected chi connectivity index (χ4v) is 4.82. The van der Waals surface area contributed by atoms with Gasteiger partial charge in [-0.2, -0.15) is 0 Å². The first kappa shape index (κ1) is 23.1. The number of ether oxygens (including phenoxy) is 4. The van der Waals surface area contributed by atoms with Crippen LogP contribution in [-0.2, 0) is 17.9 Å². The first-order valence-electron chi connectivity index (χ1n) is 12.1. The number of fused-ring (bicyclic) bond motifs is 2. The number of carbonyl (C=O) groups excluding carboxylic acids is 1. The maximum Gasteiger partial charge on any atom is 0.231 e. The van der Waals surface area contributed by atoms with E-state index in [4.69, 9.17) is 23.9 Å². The summed E-state index contributed by atoms with van der Waals surface area (Å²) in [7, 11) is 3.31. The highest BCUT2D eigenvalue weighted by atomic mass is 16.7. The molecule has 0 spiro atoms. The van der Waals surface area contributed by atoms with Crippen molar-refractivity contribution in [3.05, 3.63) is 47.5 Å². The lowest BCUT2D eigenvalue weighted by atomic mass is 10.1. The zero-order valence-electron chi connectivity index (χ0n) is 20.5. The summed E-state index contributed by atoms with van der Waals surface area (Å²) in [6.45, 7) is 4.92. The molecule has 3 heterocycles. The van der Waals surface area contributed by atoms with Gasteiger partial charge in [0.15, 0.2) is 11.5 Å². The lowest BCUT2D eigenvalue weighted by Crippen LogP contribution is -2.31. The maximum atomic E-state index is 13.1. The molecule has 1 fully saturated rings. The second-order valence-electron chi connectivity index (χ2n) is 8.82. The average Bonchev–Trinajstić information content (AvgIpc) is 3.59. The van der Waals surface area contributed by atoms with Crippen LogP contribution < -0.4 is 23.8 Å². The van der Waals surface area contributed by atoms with Gasteiger partial charge in [0.2, 0.25) is 12.7 Å². The van der Waals surface area contributed by atoms with Crippen molar-refractivity contribution < 1.29 is 23.7 Å². The quantitative estimate of drug-likeness (QED) is 0.472. The van der Waals surface area contributed by atoms with E-state index in [0.29, 0.717) is 31.0 Å². The van der Waals surface area contributed by atoms with Gasteiger partial charge in [0.25, 0.3) is 0 Å². The molecular formula is C27H31N3O5. The largest absolute Gasteiger partial charge is 0.496 e. The van der Waals surface area contributed by atoms with Crippen LogP contribution in [0.15, 0.2) is 36.4 Å². The Hall–Kier alpha value is -3.68. The zero-order valence-corrected chi connectivity index (χ0v) is 20.5. The Morgan fingerprint density at radius 3 is 2.49 bits per heavy atom. The highest BCUT2D eigenvalue weighted by Crippen LogP contribution is 2.37. The molecule has 184 valence electrons. The van der Waals surface area contributed by atoms with Gasteiger partial charge in [-0.3, -0.25) is 4.79 Å². The number of benzene rings is 2. The third-order valence-corrected chi connectivity index (χ3v) is 6.64. The molecule has 0 saturated carbocycles. The van der Waals surface area contributed by atoms with E-state index < -0.39 is 0 Å². The van der Waals surface area contributed by atoms with E-state index in [0.717, 1.165) is 65.3 Å². The number of hydrogen-bond donors (Lipinski definition) is 0. The standard InChI is InChI=1S/C27H31N3O5/c1-4-25(31)30(15-18-7-8-22-24(13-18)35-17-34-22)16-19-14-20-21(32-2)9-10-23(33-3)26(20)28-27(19)29-11-5-6-12-29/h7-10,13-14H,4-6,11-12,15-17H2,1-3H3. The minimum absolute atomic E-state index is 0.0766. The van der Waals surface area contributed by atoms with Gasteiger partial charge in [-0.15, -0.1) is 0 Å². The highest BCUT2D eigenvalue weighted by Gasteiger charge is 2.24. The molecule has 0 unspecified atom stereocenters. The van der Waals surface area contributed by atoms with Gasteiger partial charge in [0.1, 0.15) is 22.8 Å². The molecule has 1 saturated heterocycles. The molecule has 0 bridgehead atoms. The summed E-state index contributed by atoms with van der Waals surface area (Å²) in [5.41, 5.74) is 2.75. The SMILES string of the molecule is CCC(=O)N(Cc1ccc2c(c1)OCO2)Cc1cc2c(OC)ccc(OC)c2nc1N1CCCC1. The summed E-state index contributed by atoms with van der Waals surface area (Å²) < 4.78 is 22.2. The lowest BCUT2D eigenvalue weighted by molar-refractivity contribution is -0.132. The summed E-state index contributed by atoms with van der Waals surface area (Å²) in [6, 6.07) is 11.7. The monoisotopic (exact) mass is 477 g/mol. The van der Waals surface area contributed by atoms with E-state index >= 15 is 0 Å². The van der Waals surface area contributed by atoms with Crippen molar-refractivity contribution in [3.63, 3.8) is 0 Å². The number of amides is 1. The number of hydrogen-bond acceptors (Lipinski definition) is 7. The molecule has 0 N–H and O–H groups in total. The molecule has 8 heteroatoms. The van der Waals surface area contributed by atoms with Crippen molar-refractivity contribution in [1.29, 1.82) is 0 Å². The summed E-state index contributed by atoms with van der Waals surface area (Å²) in [6.07, 6.45) is 2.67. The van der Waals surface area contributed by atoms with Crippen LogP contribution in [0, 0.1) is 0 Å². The van der Waals surface area contributed by atoms with E-state index in [2.05, 4.69) is 11.0 Å². The van der Waals surface area contributed by atoms with E-state index in [1.54, 1.807) is 14.2 Å². The Kier molecular flexibility index (Phi) is 6.53. The second kappa shape index (κ2) is 9.90. The van der Waals surface area contributed by atoms with Crippen molar-refractivity contribution in [1.82, 2.24) is 9.88 Å². The van der Waals surface area contributed by atoms with Gasteiger partial charge in [-0.05, 0) is 48.7 Å². The number of pyridine rings is 1. The Labute approximate surface area is 205 Å². The fraction of sp³-hybridized carbons (Fsp3) is 0.407. The molecule has 2 aliphatic heterocycles. The van der Waals surface area contributed by atoms with E-state index in [-0.39, 0.29) is 12.7 Å². The van der Waals surface area contributed by atoms with Crippen LogP contribution in [0.2, 0.25) is 0 Å². The fourth-order valence-electron chi connectivity index (χ4n) is 4.82. The second-order valence-corrected chi connectivity index (χ2v) is 8.82. The maximum absolute atomic E-state index is 13.1. The molecule has 0 aliphatic carbocycles. The van der Waals surface area contributed by atoms with Crippen LogP contribution in [0.25, 0.3) is 10.9 Å². The van der Waals surface area contributed by atoms with Crippen molar-refractivity contribution in [2.45, 2.75) is 39.3 Å². The lowest BCUT2D eigenvalue weighted by Gasteiger charge is -2.27. The Morgan fingerprint density at radius 1 is 1.00 bits per heavy atom. The zero-order chi connectivity index (χ0) is 24.4. The molecule has 0 radical (unpaired) electrons. The topological polar surface area (TPSA) is 73.4 Å². The Balaban J connectivity index is 1.55. The molecule has 2 aromatic carbocycles.